The molecule has 0 saturated carbocycles. The molecule has 2 aromatic heterocycles. The van der Waals surface area contributed by atoms with E-state index in [4.69, 9.17) is 5.73 Å². The second-order valence-electron chi connectivity index (χ2n) is 7.18. The van der Waals surface area contributed by atoms with Crippen LogP contribution in [0.5, 0.6) is 0 Å². The maximum absolute atomic E-state index is 13.0. The molecule has 3 heterocycles. The Morgan fingerprint density at radius 3 is 2.80 bits per heavy atom. The summed E-state index contributed by atoms with van der Waals surface area (Å²) < 4.78 is 1.72. The van der Waals surface area contributed by atoms with Crippen LogP contribution in [0.1, 0.15) is 49.3 Å². The van der Waals surface area contributed by atoms with Crippen LogP contribution >= 0.6 is 0 Å². The molecule has 1 atom stereocenters. The lowest BCUT2D eigenvalue weighted by atomic mass is 9.89. The lowest BCUT2D eigenvalue weighted by Gasteiger charge is -2.42. The Labute approximate surface area is 146 Å². The molecule has 7 nitrogen and oxygen atoms in total. The fourth-order valence-electron chi connectivity index (χ4n) is 3.55. The first-order valence-electron chi connectivity index (χ1n) is 8.56. The second-order valence-corrected chi connectivity index (χ2v) is 7.18. The fraction of sp³-hybridized carbons (Fsp3) is 0.500. The average molecular weight is 344 g/mol. The van der Waals surface area contributed by atoms with Crippen molar-refractivity contribution < 1.29 is 14.7 Å². The van der Waals surface area contributed by atoms with E-state index in [1.54, 1.807) is 47.5 Å². The maximum Gasteiger partial charge on any atom is 0.274 e. The van der Waals surface area contributed by atoms with E-state index in [-0.39, 0.29) is 18.4 Å². The molecule has 1 fully saturated rings. The smallest absolute Gasteiger partial charge is 0.274 e. The molecule has 1 aliphatic heterocycles. The number of pyridine rings is 1. The predicted molar refractivity (Wildman–Crippen MR) is 93.1 cm³/mol. The summed E-state index contributed by atoms with van der Waals surface area (Å²) in [6.07, 6.45) is 4.41. The number of nitrogens with two attached hydrogens (primary N) is 1. The zero-order chi connectivity index (χ0) is 18.2. The van der Waals surface area contributed by atoms with E-state index in [1.165, 1.54) is 0 Å². The normalized spacial score (nSPS) is 18.5. The topological polar surface area (TPSA) is 101 Å². The summed E-state index contributed by atoms with van der Waals surface area (Å²) >= 11 is 0. The number of fused-ring (bicyclic) bond motifs is 1. The van der Waals surface area contributed by atoms with Gasteiger partial charge >= 0.3 is 0 Å². The number of hydrogen-bond acceptors (Lipinski definition) is 4. The van der Waals surface area contributed by atoms with Crippen molar-refractivity contribution in [2.24, 2.45) is 5.73 Å². The Balaban J connectivity index is 1.95. The first-order valence-corrected chi connectivity index (χ1v) is 8.56. The number of aromatic nitrogens is 2. The third-order valence-corrected chi connectivity index (χ3v) is 4.73. The van der Waals surface area contributed by atoms with E-state index in [0.29, 0.717) is 23.6 Å². The first-order chi connectivity index (χ1) is 11.8. The number of carbonyl (C=O) groups is 2. The SMILES string of the molecule is CC(C)(O)C1CCCCN1C(=O)c1cn2c(CC(N)=O)cccc2n1. The van der Waals surface area contributed by atoms with Crippen LogP contribution in [-0.4, -0.2) is 49.4 Å². The highest BCUT2D eigenvalue weighted by Gasteiger charge is 2.37. The van der Waals surface area contributed by atoms with Crippen molar-refractivity contribution in [3.05, 3.63) is 35.8 Å². The number of aliphatic hydroxyl groups is 1. The molecule has 3 N–H and O–H groups in total. The zero-order valence-electron chi connectivity index (χ0n) is 14.6. The van der Waals surface area contributed by atoms with Gasteiger partial charge in [0.1, 0.15) is 11.3 Å². The van der Waals surface area contributed by atoms with E-state index >= 15 is 0 Å². The number of rotatable bonds is 4. The average Bonchev–Trinajstić information content (AvgIpc) is 2.98. The van der Waals surface area contributed by atoms with Crippen molar-refractivity contribution in [2.45, 2.75) is 51.2 Å². The number of hydrogen-bond donors (Lipinski definition) is 2. The molecule has 134 valence electrons. The molecule has 1 saturated heterocycles. The van der Waals surface area contributed by atoms with Crippen LogP contribution in [0.25, 0.3) is 5.65 Å². The third-order valence-electron chi connectivity index (χ3n) is 4.73. The van der Waals surface area contributed by atoms with Gasteiger partial charge in [0.05, 0.1) is 18.1 Å². The minimum atomic E-state index is -0.966. The summed E-state index contributed by atoms with van der Waals surface area (Å²) in [6, 6.07) is 5.12. The highest BCUT2D eigenvalue weighted by molar-refractivity contribution is 5.93. The molecule has 0 radical (unpaired) electrons. The van der Waals surface area contributed by atoms with Gasteiger partial charge in [-0.1, -0.05) is 6.07 Å². The van der Waals surface area contributed by atoms with E-state index in [2.05, 4.69) is 4.98 Å². The molecular formula is C18H24N4O3. The highest BCUT2D eigenvalue weighted by atomic mass is 16.3. The predicted octanol–water partition coefficient (Wildman–Crippen LogP) is 1.13. The summed E-state index contributed by atoms with van der Waals surface area (Å²) in [5, 5.41) is 10.4. The third kappa shape index (κ3) is 3.51. The number of carbonyl (C=O) groups excluding carboxylic acids is 2. The van der Waals surface area contributed by atoms with Crippen molar-refractivity contribution >= 4 is 17.5 Å². The molecule has 2 amide bonds. The van der Waals surface area contributed by atoms with Crippen LogP contribution in [0.2, 0.25) is 0 Å². The van der Waals surface area contributed by atoms with Gasteiger partial charge in [0.25, 0.3) is 5.91 Å². The van der Waals surface area contributed by atoms with Crippen molar-refractivity contribution in [1.82, 2.24) is 14.3 Å². The van der Waals surface area contributed by atoms with Gasteiger partial charge in [-0.15, -0.1) is 0 Å². The molecule has 25 heavy (non-hydrogen) atoms. The van der Waals surface area contributed by atoms with Crippen LogP contribution in [0.3, 0.4) is 0 Å². The summed E-state index contributed by atoms with van der Waals surface area (Å²) in [7, 11) is 0. The Morgan fingerprint density at radius 2 is 2.12 bits per heavy atom. The molecular weight excluding hydrogens is 320 g/mol. The molecule has 7 heteroatoms. The molecule has 0 aliphatic carbocycles. The lowest BCUT2D eigenvalue weighted by Crippen LogP contribution is -2.54. The van der Waals surface area contributed by atoms with Gasteiger partial charge in [-0.3, -0.25) is 9.59 Å². The van der Waals surface area contributed by atoms with Gasteiger partial charge < -0.3 is 20.1 Å². The van der Waals surface area contributed by atoms with Crippen LogP contribution < -0.4 is 5.73 Å². The van der Waals surface area contributed by atoms with Gasteiger partial charge in [-0.2, -0.15) is 0 Å². The van der Waals surface area contributed by atoms with Gasteiger partial charge in [-0.05, 0) is 45.2 Å². The Morgan fingerprint density at radius 1 is 1.36 bits per heavy atom. The van der Waals surface area contributed by atoms with E-state index in [9.17, 15) is 14.7 Å². The molecule has 0 bridgehead atoms. The van der Waals surface area contributed by atoms with Crippen molar-refractivity contribution in [3.8, 4) is 0 Å². The molecule has 1 unspecified atom stereocenters. The molecule has 0 spiro atoms. The van der Waals surface area contributed by atoms with Crippen LogP contribution in [0, 0.1) is 0 Å². The first kappa shape index (κ1) is 17.4. The number of piperidine rings is 1. The van der Waals surface area contributed by atoms with Gasteiger partial charge in [0, 0.05) is 18.4 Å². The van der Waals surface area contributed by atoms with E-state index in [0.717, 1.165) is 19.3 Å². The van der Waals surface area contributed by atoms with Crippen LogP contribution in [-0.2, 0) is 11.2 Å². The molecule has 2 aromatic rings. The Bertz CT molecular complexity index is 806. The number of primary amides is 1. The number of imidazole rings is 1. The fourth-order valence-corrected chi connectivity index (χ4v) is 3.55. The molecule has 0 aromatic carbocycles. The summed E-state index contributed by atoms with van der Waals surface area (Å²) in [5.41, 5.74) is 5.92. The Kier molecular flexibility index (Phi) is 4.51. The lowest BCUT2D eigenvalue weighted by molar-refractivity contribution is -0.117. The Hall–Kier alpha value is -2.41. The minimum Gasteiger partial charge on any atom is -0.388 e. The largest absolute Gasteiger partial charge is 0.388 e. The summed E-state index contributed by atoms with van der Waals surface area (Å²) in [4.78, 5) is 30.4. The second kappa shape index (κ2) is 6.48. The number of nitrogens with zero attached hydrogens (tertiary/aromatic N) is 3. The van der Waals surface area contributed by atoms with Gasteiger partial charge in [0.15, 0.2) is 0 Å². The van der Waals surface area contributed by atoms with Crippen LogP contribution in [0.4, 0.5) is 0 Å². The van der Waals surface area contributed by atoms with E-state index < -0.39 is 11.5 Å². The standard InChI is InChI=1S/C18H24N4O3/c1-18(2,25)14-7-3-4-9-21(14)17(24)13-11-22-12(10-15(19)23)6-5-8-16(22)20-13/h5-6,8,11,14,25H,3-4,7,9-10H2,1-2H3,(H2,19,23). The van der Waals surface area contributed by atoms with Crippen molar-refractivity contribution in [1.29, 1.82) is 0 Å². The highest BCUT2D eigenvalue weighted by Crippen LogP contribution is 2.27. The maximum atomic E-state index is 13.0. The summed E-state index contributed by atoms with van der Waals surface area (Å²) in [5.74, 6) is -0.632. The minimum absolute atomic E-state index is 0.0807. The quantitative estimate of drug-likeness (QED) is 0.868. The van der Waals surface area contributed by atoms with Crippen molar-refractivity contribution in [2.75, 3.05) is 6.54 Å². The molecule has 3 rings (SSSR count). The zero-order valence-corrected chi connectivity index (χ0v) is 14.6. The number of amides is 2. The monoisotopic (exact) mass is 344 g/mol. The van der Waals surface area contributed by atoms with Gasteiger partial charge in [-0.25, -0.2) is 4.98 Å². The van der Waals surface area contributed by atoms with E-state index in [1.807, 2.05) is 0 Å². The van der Waals surface area contributed by atoms with Crippen LogP contribution in [0.15, 0.2) is 24.4 Å². The molecule has 1 aliphatic rings. The van der Waals surface area contributed by atoms with Crippen molar-refractivity contribution in [3.63, 3.8) is 0 Å². The summed E-state index contributed by atoms with van der Waals surface area (Å²) in [6.45, 7) is 4.07. The number of likely N-dealkylation sites (tertiary alicyclic amines) is 1. The van der Waals surface area contributed by atoms with Gasteiger partial charge in [0.2, 0.25) is 5.91 Å².